The maximum atomic E-state index is 13.2. The summed E-state index contributed by atoms with van der Waals surface area (Å²) in [4.78, 5) is 3.61. The Morgan fingerprint density at radius 1 is 1.00 bits per heavy atom. The van der Waals surface area contributed by atoms with Gasteiger partial charge in [0.2, 0.25) is 5.95 Å². The topological polar surface area (TPSA) is 12.9 Å². The molecule has 0 saturated carbocycles. The van der Waals surface area contributed by atoms with Gasteiger partial charge < -0.3 is 0 Å². The SMILES string of the molecule is Fc1ncccc1Cc1ccccc1. The minimum atomic E-state index is -0.378. The minimum Gasteiger partial charge on any atom is -0.228 e. The Morgan fingerprint density at radius 3 is 2.50 bits per heavy atom. The van der Waals surface area contributed by atoms with Crippen molar-refractivity contribution in [1.29, 1.82) is 0 Å². The molecule has 70 valence electrons. The van der Waals surface area contributed by atoms with E-state index in [1.807, 2.05) is 30.3 Å². The van der Waals surface area contributed by atoms with Crippen molar-refractivity contribution in [3.05, 3.63) is 65.7 Å². The molecule has 1 aromatic heterocycles. The van der Waals surface area contributed by atoms with E-state index in [9.17, 15) is 4.39 Å². The summed E-state index contributed by atoms with van der Waals surface area (Å²) in [6.07, 6.45) is 2.06. The van der Waals surface area contributed by atoms with E-state index in [4.69, 9.17) is 0 Å². The average Bonchev–Trinajstić information content (AvgIpc) is 2.23. The van der Waals surface area contributed by atoms with Gasteiger partial charge in [0.15, 0.2) is 0 Å². The van der Waals surface area contributed by atoms with Crippen LogP contribution in [0, 0.1) is 5.95 Å². The summed E-state index contributed by atoms with van der Waals surface area (Å²) < 4.78 is 13.2. The molecule has 0 bridgehead atoms. The molecule has 0 aliphatic rings. The molecule has 0 N–H and O–H groups in total. The fourth-order valence-electron chi connectivity index (χ4n) is 1.37. The zero-order chi connectivity index (χ0) is 9.80. The van der Waals surface area contributed by atoms with E-state index in [0.717, 1.165) is 5.56 Å². The van der Waals surface area contributed by atoms with Crippen molar-refractivity contribution < 1.29 is 4.39 Å². The molecular formula is C12H10FN. The zero-order valence-corrected chi connectivity index (χ0v) is 7.65. The highest BCUT2D eigenvalue weighted by atomic mass is 19.1. The van der Waals surface area contributed by atoms with Gasteiger partial charge in [-0.05, 0) is 11.6 Å². The van der Waals surface area contributed by atoms with Crippen LogP contribution in [0.3, 0.4) is 0 Å². The van der Waals surface area contributed by atoms with Crippen LogP contribution in [0.15, 0.2) is 48.7 Å². The summed E-state index contributed by atoms with van der Waals surface area (Å²) in [7, 11) is 0. The average molecular weight is 187 g/mol. The monoisotopic (exact) mass is 187 g/mol. The quantitative estimate of drug-likeness (QED) is 0.659. The molecule has 2 aromatic rings. The Kier molecular flexibility index (Phi) is 2.54. The van der Waals surface area contributed by atoms with Gasteiger partial charge in [0, 0.05) is 18.2 Å². The third-order valence-corrected chi connectivity index (χ3v) is 2.07. The molecule has 1 nitrogen and oxygen atoms in total. The molecule has 0 unspecified atom stereocenters. The van der Waals surface area contributed by atoms with E-state index in [1.165, 1.54) is 6.20 Å². The lowest BCUT2D eigenvalue weighted by Gasteiger charge is -2.01. The van der Waals surface area contributed by atoms with Crippen molar-refractivity contribution in [2.24, 2.45) is 0 Å². The van der Waals surface area contributed by atoms with Crippen LogP contribution >= 0.6 is 0 Å². The molecule has 0 fully saturated rings. The second-order valence-electron chi connectivity index (χ2n) is 3.12. The first-order valence-electron chi connectivity index (χ1n) is 4.49. The van der Waals surface area contributed by atoms with Crippen molar-refractivity contribution in [2.45, 2.75) is 6.42 Å². The molecule has 0 saturated heterocycles. The number of benzene rings is 1. The van der Waals surface area contributed by atoms with Gasteiger partial charge in [0.1, 0.15) is 0 Å². The molecular weight excluding hydrogens is 177 g/mol. The predicted molar refractivity (Wildman–Crippen MR) is 53.4 cm³/mol. The normalized spacial score (nSPS) is 10.1. The Morgan fingerprint density at radius 2 is 1.79 bits per heavy atom. The second-order valence-corrected chi connectivity index (χ2v) is 3.12. The molecule has 2 heteroatoms. The lowest BCUT2D eigenvalue weighted by molar-refractivity contribution is 0.570. The van der Waals surface area contributed by atoms with Crippen LogP contribution in [-0.2, 0) is 6.42 Å². The zero-order valence-electron chi connectivity index (χ0n) is 7.65. The van der Waals surface area contributed by atoms with Crippen LogP contribution in [-0.4, -0.2) is 4.98 Å². The Hall–Kier alpha value is -1.70. The molecule has 0 atom stereocenters. The van der Waals surface area contributed by atoms with E-state index >= 15 is 0 Å². The van der Waals surface area contributed by atoms with E-state index in [0.29, 0.717) is 12.0 Å². The van der Waals surface area contributed by atoms with E-state index in [2.05, 4.69) is 4.98 Å². The number of aromatic nitrogens is 1. The van der Waals surface area contributed by atoms with Gasteiger partial charge in [-0.25, -0.2) is 4.98 Å². The summed E-state index contributed by atoms with van der Waals surface area (Å²) in [5, 5.41) is 0. The number of hydrogen-bond donors (Lipinski definition) is 0. The summed E-state index contributed by atoms with van der Waals surface area (Å²) in [6.45, 7) is 0. The van der Waals surface area contributed by atoms with Crippen molar-refractivity contribution in [1.82, 2.24) is 4.98 Å². The third kappa shape index (κ3) is 1.96. The Bertz CT molecular complexity index is 412. The fraction of sp³-hybridized carbons (Fsp3) is 0.0833. The number of nitrogens with zero attached hydrogens (tertiary/aromatic N) is 1. The fourth-order valence-corrected chi connectivity index (χ4v) is 1.37. The third-order valence-electron chi connectivity index (χ3n) is 2.07. The van der Waals surface area contributed by atoms with Crippen LogP contribution in [0.5, 0.6) is 0 Å². The van der Waals surface area contributed by atoms with Crippen LogP contribution in [0.4, 0.5) is 4.39 Å². The van der Waals surface area contributed by atoms with Gasteiger partial charge in [-0.3, -0.25) is 0 Å². The highest BCUT2D eigenvalue weighted by molar-refractivity contribution is 5.24. The molecule has 0 amide bonds. The molecule has 14 heavy (non-hydrogen) atoms. The molecule has 0 aliphatic heterocycles. The van der Waals surface area contributed by atoms with Crippen molar-refractivity contribution in [3.8, 4) is 0 Å². The van der Waals surface area contributed by atoms with Crippen LogP contribution < -0.4 is 0 Å². The van der Waals surface area contributed by atoms with Crippen LogP contribution in [0.1, 0.15) is 11.1 Å². The second kappa shape index (κ2) is 4.01. The molecule has 0 radical (unpaired) electrons. The van der Waals surface area contributed by atoms with Crippen molar-refractivity contribution in [2.75, 3.05) is 0 Å². The Labute approximate surface area is 82.2 Å². The van der Waals surface area contributed by atoms with Gasteiger partial charge >= 0.3 is 0 Å². The highest BCUT2D eigenvalue weighted by Crippen LogP contribution is 2.10. The van der Waals surface area contributed by atoms with Crippen molar-refractivity contribution in [3.63, 3.8) is 0 Å². The minimum absolute atomic E-state index is 0.378. The first kappa shape index (κ1) is 8.88. The molecule has 0 spiro atoms. The van der Waals surface area contributed by atoms with Crippen LogP contribution in [0.25, 0.3) is 0 Å². The van der Waals surface area contributed by atoms with E-state index in [-0.39, 0.29) is 5.95 Å². The standard InChI is InChI=1S/C12H10FN/c13-12-11(7-4-8-14-12)9-10-5-2-1-3-6-10/h1-8H,9H2. The van der Waals surface area contributed by atoms with Gasteiger partial charge in [-0.15, -0.1) is 0 Å². The number of halogens is 1. The highest BCUT2D eigenvalue weighted by Gasteiger charge is 2.02. The molecule has 0 aliphatic carbocycles. The largest absolute Gasteiger partial charge is 0.228 e. The first-order valence-corrected chi connectivity index (χ1v) is 4.49. The summed E-state index contributed by atoms with van der Waals surface area (Å²) in [5.41, 5.74) is 1.73. The van der Waals surface area contributed by atoms with E-state index < -0.39 is 0 Å². The summed E-state index contributed by atoms with van der Waals surface area (Å²) in [5.74, 6) is -0.378. The first-order chi connectivity index (χ1) is 6.86. The van der Waals surface area contributed by atoms with Gasteiger partial charge in [-0.2, -0.15) is 4.39 Å². The summed E-state index contributed by atoms with van der Waals surface area (Å²) >= 11 is 0. The lowest BCUT2D eigenvalue weighted by Crippen LogP contribution is -1.94. The number of hydrogen-bond acceptors (Lipinski definition) is 1. The number of pyridine rings is 1. The van der Waals surface area contributed by atoms with E-state index in [1.54, 1.807) is 12.1 Å². The molecule has 1 aromatic carbocycles. The Balaban J connectivity index is 2.24. The maximum absolute atomic E-state index is 13.2. The number of rotatable bonds is 2. The van der Waals surface area contributed by atoms with Crippen LogP contribution in [0.2, 0.25) is 0 Å². The van der Waals surface area contributed by atoms with Gasteiger partial charge in [0.05, 0.1) is 0 Å². The lowest BCUT2D eigenvalue weighted by atomic mass is 10.1. The van der Waals surface area contributed by atoms with Crippen molar-refractivity contribution >= 4 is 0 Å². The molecule has 1 heterocycles. The predicted octanol–water partition coefficient (Wildman–Crippen LogP) is 2.81. The maximum Gasteiger partial charge on any atom is 0.216 e. The smallest absolute Gasteiger partial charge is 0.216 e. The molecule has 2 rings (SSSR count). The van der Waals surface area contributed by atoms with Gasteiger partial charge in [-0.1, -0.05) is 36.4 Å². The summed E-state index contributed by atoms with van der Waals surface area (Å²) in [6, 6.07) is 13.3. The van der Waals surface area contributed by atoms with Gasteiger partial charge in [0.25, 0.3) is 0 Å².